The second-order valence-electron chi connectivity index (χ2n) is 14.3. The van der Waals surface area contributed by atoms with E-state index in [0.29, 0.717) is 23.0 Å². The standard InChI is InChI=1S/C53H34N4/c54-35-36-27-32-46-48(33-36)53(43-21-9-3-10-22-43,44-23-11-4-12-24-44)47-26-14-25-45(49(46)47)41-19-13-20-42(34-41)52-56-50(39-17-7-2-8-18-39)55-51(57-52)40-30-28-38(29-31-40)37-15-5-1-6-16-37/h1-34H. The smallest absolute Gasteiger partial charge is 0.164 e. The second-order valence-corrected chi connectivity index (χ2v) is 14.3. The van der Waals surface area contributed by atoms with E-state index in [2.05, 4.69) is 170 Å². The molecule has 4 heteroatoms. The first-order chi connectivity index (χ1) is 28.2. The first-order valence-corrected chi connectivity index (χ1v) is 19.1. The highest BCUT2D eigenvalue weighted by atomic mass is 15.0. The van der Waals surface area contributed by atoms with Crippen LogP contribution in [0, 0.1) is 11.3 Å². The summed E-state index contributed by atoms with van der Waals surface area (Å²) in [4.78, 5) is 15.2. The van der Waals surface area contributed by atoms with Gasteiger partial charge in [0.05, 0.1) is 17.0 Å². The van der Waals surface area contributed by atoms with E-state index in [1.807, 2.05) is 42.5 Å². The van der Waals surface area contributed by atoms with E-state index in [0.717, 1.165) is 66.8 Å². The minimum atomic E-state index is -0.628. The number of fused-ring (bicyclic) bond motifs is 3. The first kappa shape index (κ1) is 33.8. The molecule has 0 amide bonds. The van der Waals surface area contributed by atoms with Crippen LogP contribution in [0.4, 0.5) is 0 Å². The lowest BCUT2D eigenvalue weighted by atomic mass is 9.67. The Hall–Kier alpha value is -7.74. The van der Waals surface area contributed by atoms with E-state index in [9.17, 15) is 5.26 Å². The average Bonchev–Trinajstić information content (AvgIpc) is 3.60. The van der Waals surface area contributed by atoms with Gasteiger partial charge in [0.15, 0.2) is 17.5 Å². The number of hydrogen-bond acceptors (Lipinski definition) is 4. The van der Waals surface area contributed by atoms with Crippen LogP contribution in [0.5, 0.6) is 0 Å². The zero-order valence-corrected chi connectivity index (χ0v) is 30.9. The molecule has 9 aromatic rings. The SMILES string of the molecule is N#Cc1ccc2c(c1)C(c1ccccc1)(c1ccccc1)c1cccc(-c3cccc(-c4nc(-c5ccccc5)nc(-c5ccc(-c6ccccc6)cc5)n4)c3)c1-2. The largest absolute Gasteiger partial charge is 0.208 e. The predicted molar refractivity (Wildman–Crippen MR) is 229 cm³/mol. The van der Waals surface area contributed by atoms with Crippen LogP contribution in [-0.4, -0.2) is 15.0 Å². The van der Waals surface area contributed by atoms with Crippen molar-refractivity contribution in [2.75, 3.05) is 0 Å². The highest BCUT2D eigenvalue weighted by molar-refractivity contribution is 5.96. The third-order valence-corrected chi connectivity index (χ3v) is 11.1. The highest BCUT2D eigenvalue weighted by Crippen LogP contribution is 2.58. The summed E-state index contributed by atoms with van der Waals surface area (Å²) >= 11 is 0. The summed E-state index contributed by atoms with van der Waals surface area (Å²) in [6, 6.07) is 73.9. The Labute approximate surface area is 332 Å². The van der Waals surface area contributed by atoms with Crippen LogP contribution in [-0.2, 0) is 5.41 Å². The maximum Gasteiger partial charge on any atom is 0.164 e. The minimum Gasteiger partial charge on any atom is -0.208 e. The molecule has 0 spiro atoms. The van der Waals surface area contributed by atoms with Crippen molar-refractivity contribution in [1.29, 1.82) is 5.26 Å². The fraction of sp³-hybridized carbons (Fsp3) is 0.0189. The topological polar surface area (TPSA) is 62.5 Å². The van der Waals surface area contributed by atoms with Crippen LogP contribution in [0.15, 0.2) is 206 Å². The summed E-state index contributed by atoms with van der Waals surface area (Å²) in [6.07, 6.45) is 0. The van der Waals surface area contributed by atoms with E-state index in [1.165, 1.54) is 5.56 Å². The van der Waals surface area contributed by atoms with Crippen LogP contribution in [0.1, 0.15) is 27.8 Å². The fourth-order valence-electron chi connectivity index (χ4n) is 8.47. The molecule has 4 nitrogen and oxygen atoms in total. The van der Waals surface area contributed by atoms with Crippen LogP contribution < -0.4 is 0 Å². The summed E-state index contributed by atoms with van der Waals surface area (Å²) in [5.74, 6) is 1.83. The molecule has 0 N–H and O–H groups in total. The van der Waals surface area contributed by atoms with Crippen molar-refractivity contribution in [2.24, 2.45) is 0 Å². The molecule has 0 aliphatic heterocycles. The van der Waals surface area contributed by atoms with E-state index >= 15 is 0 Å². The van der Waals surface area contributed by atoms with Gasteiger partial charge in [0.1, 0.15) is 0 Å². The monoisotopic (exact) mass is 726 g/mol. The van der Waals surface area contributed by atoms with Gasteiger partial charge in [-0.2, -0.15) is 5.26 Å². The van der Waals surface area contributed by atoms with E-state index in [-0.39, 0.29) is 0 Å². The number of aromatic nitrogens is 3. The zero-order chi connectivity index (χ0) is 38.2. The number of nitriles is 1. The van der Waals surface area contributed by atoms with Crippen LogP contribution in [0.3, 0.4) is 0 Å². The van der Waals surface area contributed by atoms with Crippen LogP contribution in [0.2, 0.25) is 0 Å². The van der Waals surface area contributed by atoms with Gasteiger partial charge in [-0.15, -0.1) is 0 Å². The molecule has 0 saturated heterocycles. The van der Waals surface area contributed by atoms with Crippen molar-refractivity contribution in [2.45, 2.75) is 5.41 Å². The van der Waals surface area contributed by atoms with Gasteiger partial charge in [-0.3, -0.25) is 0 Å². The molecule has 8 aromatic carbocycles. The third kappa shape index (κ3) is 5.82. The van der Waals surface area contributed by atoms with Crippen LogP contribution in [0.25, 0.3) is 67.5 Å². The van der Waals surface area contributed by atoms with Gasteiger partial charge in [-0.05, 0) is 73.8 Å². The Morgan fingerprint density at radius 3 is 1.44 bits per heavy atom. The lowest BCUT2D eigenvalue weighted by Gasteiger charge is -2.34. The Morgan fingerprint density at radius 2 is 0.825 bits per heavy atom. The molecule has 0 fully saturated rings. The molecule has 1 aliphatic rings. The van der Waals surface area contributed by atoms with Crippen molar-refractivity contribution in [3.8, 4) is 73.6 Å². The first-order valence-electron chi connectivity index (χ1n) is 19.1. The average molecular weight is 727 g/mol. The third-order valence-electron chi connectivity index (χ3n) is 11.1. The predicted octanol–water partition coefficient (Wildman–Crippen LogP) is 12.4. The van der Waals surface area contributed by atoms with Gasteiger partial charge >= 0.3 is 0 Å². The van der Waals surface area contributed by atoms with Crippen LogP contribution >= 0.6 is 0 Å². The quantitative estimate of drug-likeness (QED) is 0.164. The molecule has 266 valence electrons. The number of hydrogen-bond donors (Lipinski definition) is 0. The zero-order valence-electron chi connectivity index (χ0n) is 30.9. The van der Waals surface area contributed by atoms with Gasteiger partial charge < -0.3 is 0 Å². The van der Waals surface area contributed by atoms with E-state index < -0.39 is 5.41 Å². The molecule has 0 atom stereocenters. The Balaban J connectivity index is 1.15. The fourth-order valence-corrected chi connectivity index (χ4v) is 8.47. The Bertz CT molecular complexity index is 2900. The molecular weight excluding hydrogens is 693 g/mol. The maximum absolute atomic E-state index is 10.1. The molecule has 57 heavy (non-hydrogen) atoms. The molecule has 0 bridgehead atoms. The second kappa shape index (κ2) is 14.2. The summed E-state index contributed by atoms with van der Waals surface area (Å²) in [5.41, 5.74) is 14.0. The number of nitrogens with zero attached hydrogens (tertiary/aromatic N) is 4. The molecule has 1 aromatic heterocycles. The number of rotatable bonds is 7. The maximum atomic E-state index is 10.1. The normalized spacial score (nSPS) is 12.3. The van der Waals surface area contributed by atoms with Crippen molar-refractivity contribution in [1.82, 2.24) is 15.0 Å². The molecule has 0 saturated carbocycles. The van der Waals surface area contributed by atoms with E-state index in [1.54, 1.807) is 0 Å². The van der Waals surface area contributed by atoms with Crippen molar-refractivity contribution in [3.63, 3.8) is 0 Å². The highest BCUT2D eigenvalue weighted by Gasteiger charge is 2.47. The summed E-state index contributed by atoms with van der Waals surface area (Å²) in [5, 5.41) is 10.1. The van der Waals surface area contributed by atoms with Crippen molar-refractivity contribution in [3.05, 3.63) is 234 Å². The van der Waals surface area contributed by atoms with Crippen molar-refractivity contribution >= 4 is 0 Å². The molecule has 1 heterocycles. The van der Waals surface area contributed by atoms with Gasteiger partial charge in [-0.1, -0.05) is 188 Å². The molecule has 0 unspecified atom stereocenters. The van der Waals surface area contributed by atoms with Gasteiger partial charge in [-0.25, -0.2) is 15.0 Å². The summed E-state index contributed by atoms with van der Waals surface area (Å²) in [6.45, 7) is 0. The van der Waals surface area contributed by atoms with Gasteiger partial charge in [0.2, 0.25) is 0 Å². The lowest BCUT2D eigenvalue weighted by Crippen LogP contribution is -2.28. The number of benzene rings is 8. The van der Waals surface area contributed by atoms with Gasteiger partial charge in [0.25, 0.3) is 0 Å². The molecule has 1 aliphatic carbocycles. The molecule has 0 radical (unpaired) electrons. The molecular formula is C53H34N4. The van der Waals surface area contributed by atoms with E-state index in [4.69, 9.17) is 15.0 Å². The Morgan fingerprint density at radius 1 is 0.351 bits per heavy atom. The molecule has 10 rings (SSSR count). The van der Waals surface area contributed by atoms with Gasteiger partial charge in [0, 0.05) is 16.7 Å². The lowest BCUT2D eigenvalue weighted by molar-refractivity contribution is 0.768. The summed E-state index contributed by atoms with van der Waals surface area (Å²) in [7, 11) is 0. The summed E-state index contributed by atoms with van der Waals surface area (Å²) < 4.78 is 0. The van der Waals surface area contributed by atoms with Crippen molar-refractivity contribution < 1.29 is 0 Å². The Kier molecular flexibility index (Phi) is 8.39. The minimum absolute atomic E-state index is 0.599.